The molecule has 106 valence electrons. The maximum atomic E-state index is 5.60. The van der Waals surface area contributed by atoms with Gasteiger partial charge in [0, 0.05) is 18.8 Å². The number of hydrogen-bond acceptors (Lipinski definition) is 5. The summed E-state index contributed by atoms with van der Waals surface area (Å²) in [6.45, 7) is 5.00. The summed E-state index contributed by atoms with van der Waals surface area (Å²) < 4.78 is 12.9. The first-order valence-corrected chi connectivity index (χ1v) is 6.80. The Labute approximate surface area is 117 Å². The molecule has 0 spiro atoms. The van der Waals surface area contributed by atoms with Gasteiger partial charge in [-0.15, -0.1) is 5.10 Å². The lowest BCUT2D eigenvalue weighted by molar-refractivity contribution is 0.171. The molecule has 1 aliphatic rings. The number of hydrogen-bond donors (Lipinski definition) is 1. The molecule has 0 aliphatic carbocycles. The van der Waals surface area contributed by atoms with Crippen molar-refractivity contribution >= 4 is 0 Å². The fourth-order valence-corrected chi connectivity index (χ4v) is 2.19. The fourth-order valence-electron chi connectivity index (χ4n) is 2.19. The summed E-state index contributed by atoms with van der Waals surface area (Å²) in [5.74, 6) is 1.66. The lowest BCUT2D eigenvalue weighted by atomic mass is 10.1. The lowest BCUT2D eigenvalue weighted by Crippen LogP contribution is -2.24. The van der Waals surface area contributed by atoms with E-state index in [-0.39, 0.29) is 6.04 Å². The Morgan fingerprint density at radius 3 is 2.95 bits per heavy atom. The topological polar surface area (TPSA) is 61.2 Å². The summed E-state index contributed by atoms with van der Waals surface area (Å²) in [7, 11) is 0. The maximum Gasteiger partial charge on any atom is 0.161 e. The molecule has 2 aromatic rings. The van der Waals surface area contributed by atoms with Gasteiger partial charge in [0.05, 0.1) is 12.7 Å². The number of ether oxygens (including phenoxy) is 2. The van der Waals surface area contributed by atoms with Crippen LogP contribution in [0.3, 0.4) is 0 Å². The molecule has 1 unspecified atom stereocenters. The first-order valence-electron chi connectivity index (χ1n) is 6.80. The van der Waals surface area contributed by atoms with Crippen molar-refractivity contribution in [1.82, 2.24) is 20.3 Å². The van der Waals surface area contributed by atoms with Gasteiger partial charge >= 0.3 is 0 Å². The zero-order chi connectivity index (χ0) is 13.8. The quantitative estimate of drug-likeness (QED) is 0.893. The van der Waals surface area contributed by atoms with E-state index in [1.54, 1.807) is 6.20 Å². The van der Waals surface area contributed by atoms with Gasteiger partial charge in [-0.1, -0.05) is 11.3 Å². The van der Waals surface area contributed by atoms with Gasteiger partial charge < -0.3 is 14.8 Å². The molecule has 0 amide bonds. The third-order valence-electron chi connectivity index (χ3n) is 3.33. The van der Waals surface area contributed by atoms with Crippen molar-refractivity contribution in [2.24, 2.45) is 0 Å². The second-order valence-corrected chi connectivity index (χ2v) is 4.75. The van der Waals surface area contributed by atoms with Crippen LogP contribution in [0, 0.1) is 0 Å². The third kappa shape index (κ3) is 2.91. The molecule has 0 bridgehead atoms. The minimum absolute atomic E-state index is 0.245. The summed E-state index contributed by atoms with van der Waals surface area (Å²) in [4.78, 5) is 0. The van der Waals surface area contributed by atoms with Crippen LogP contribution in [0.4, 0.5) is 0 Å². The van der Waals surface area contributed by atoms with Crippen LogP contribution < -0.4 is 14.8 Å². The van der Waals surface area contributed by atoms with Crippen molar-refractivity contribution in [1.29, 1.82) is 0 Å². The Balaban J connectivity index is 1.57. The summed E-state index contributed by atoms with van der Waals surface area (Å²) >= 11 is 0. The predicted molar refractivity (Wildman–Crippen MR) is 73.9 cm³/mol. The second-order valence-electron chi connectivity index (χ2n) is 4.75. The first kappa shape index (κ1) is 12.9. The molecule has 20 heavy (non-hydrogen) atoms. The van der Waals surface area contributed by atoms with E-state index in [1.807, 2.05) is 23.0 Å². The number of fused-ring (bicyclic) bond motifs is 1. The van der Waals surface area contributed by atoms with Crippen LogP contribution >= 0.6 is 0 Å². The molecule has 0 radical (unpaired) electrons. The molecule has 1 N–H and O–H groups in total. The minimum Gasteiger partial charge on any atom is -0.486 e. The molecular weight excluding hydrogens is 256 g/mol. The second kappa shape index (κ2) is 5.92. The first-order chi connectivity index (χ1) is 9.83. The summed E-state index contributed by atoms with van der Waals surface area (Å²) in [5, 5.41) is 11.2. The minimum atomic E-state index is 0.245. The van der Waals surface area contributed by atoms with Gasteiger partial charge in [0.1, 0.15) is 13.2 Å². The zero-order valence-electron chi connectivity index (χ0n) is 11.5. The van der Waals surface area contributed by atoms with Gasteiger partial charge in [-0.25, -0.2) is 0 Å². The molecule has 1 aromatic heterocycles. The Morgan fingerprint density at radius 1 is 1.30 bits per heavy atom. The number of aromatic nitrogens is 3. The standard InChI is InChI=1S/C14H18N4O2/c1-11(15-4-6-18-7-5-16-17-18)12-2-3-13-14(10-12)20-9-8-19-13/h2-3,5,7,10-11,15H,4,6,8-9H2,1H3. The normalized spacial score (nSPS) is 15.1. The predicted octanol–water partition coefficient (Wildman–Crippen LogP) is 1.40. The summed E-state index contributed by atoms with van der Waals surface area (Å²) in [5.41, 5.74) is 1.19. The van der Waals surface area contributed by atoms with Gasteiger partial charge in [0.25, 0.3) is 0 Å². The van der Waals surface area contributed by atoms with Crippen LogP contribution in [-0.4, -0.2) is 34.8 Å². The highest BCUT2D eigenvalue weighted by Crippen LogP contribution is 2.32. The SMILES string of the molecule is CC(NCCn1ccnn1)c1ccc2c(c1)OCCO2. The largest absolute Gasteiger partial charge is 0.486 e. The molecule has 1 aliphatic heterocycles. The van der Waals surface area contributed by atoms with Crippen LogP contribution in [0.5, 0.6) is 11.5 Å². The van der Waals surface area contributed by atoms with Crippen molar-refractivity contribution in [3.63, 3.8) is 0 Å². The highest BCUT2D eigenvalue weighted by molar-refractivity contribution is 5.44. The number of nitrogens with one attached hydrogen (secondary N) is 1. The zero-order valence-corrected chi connectivity index (χ0v) is 11.5. The summed E-state index contributed by atoms with van der Waals surface area (Å²) in [6.07, 6.45) is 3.54. The van der Waals surface area contributed by atoms with Crippen molar-refractivity contribution in [3.8, 4) is 11.5 Å². The van der Waals surface area contributed by atoms with Crippen LogP contribution in [0.15, 0.2) is 30.6 Å². The fraction of sp³-hybridized carbons (Fsp3) is 0.429. The molecule has 0 saturated heterocycles. The number of benzene rings is 1. The van der Waals surface area contributed by atoms with E-state index in [9.17, 15) is 0 Å². The maximum absolute atomic E-state index is 5.60. The van der Waals surface area contributed by atoms with Gasteiger partial charge in [-0.2, -0.15) is 0 Å². The molecule has 6 heteroatoms. The lowest BCUT2D eigenvalue weighted by Gasteiger charge is -2.21. The Bertz CT molecular complexity index is 556. The van der Waals surface area contributed by atoms with Crippen molar-refractivity contribution < 1.29 is 9.47 Å². The average Bonchev–Trinajstić information content (AvgIpc) is 3.00. The van der Waals surface area contributed by atoms with Gasteiger partial charge in [-0.3, -0.25) is 4.68 Å². The monoisotopic (exact) mass is 274 g/mol. The van der Waals surface area contributed by atoms with Crippen molar-refractivity contribution in [2.75, 3.05) is 19.8 Å². The molecule has 1 atom stereocenters. The van der Waals surface area contributed by atoms with Gasteiger partial charge in [-0.05, 0) is 24.6 Å². The highest BCUT2D eigenvalue weighted by atomic mass is 16.6. The average molecular weight is 274 g/mol. The van der Waals surface area contributed by atoms with Crippen molar-refractivity contribution in [2.45, 2.75) is 19.5 Å². The summed E-state index contributed by atoms with van der Waals surface area (Å²) in [6, 6.07) is 6.33. The number of rotatable bonds is 5. The molecule has 2 heterocycles. The number of nitrogens with zero attached hydrogens (tertiary/aromatic N) is 3. The smallest absolute Gasteiger partial charge is 0.161 e. The third-order valence-corrected chi connectivity index (χ3v) is 3.33. The van der Waals surface area contributed by atoms with Crippen LogP contribution in [0.1, 0.15) is 18.5 Å². The highest BCUT2D eigenvalue weighted by Gasteiger charge is 2.14. The van der Waals surface area contributed by atoms with Crippen LogP contribution in [-0.2, 0) is 6.54 Å². The Kier molecular flexibility index (Phi) is 3.83. The van der Waals surface area contributed by atoms with Gasteiger partial charge in [0.2, 0.25) is 0 Å². The molecule has 1 aromatic carbocycles. The van der Waals surface area contributed by atoms with E-state index in [0.29, 0.717) is 13.2 Å². The Morgan fingerprint density at radius 2 is 2.15 bits per heavy atom. The van der Waals surface area contributed by atoms with E-state index in [4.69, 9.17) is 9.47 Å². The molecular formula is C14H18N4O2. The van der Waals surface area contributed by atoms with E-state index < -0.39 is 0 Å². The van der Waals surface area contributed by atoms with Crippen LogP contribution in [0.2, 0.25) is 0 Å². The molecule has 0 fully saturated rings. The molecule has 6 nitrogen and oxygen atoms in total. The molecule has 0 saturated carbocycles. The van der Waals surface area contributed by atoms with E-state index in [1.165, 1.54) is 5.56 Å². The Hall–Kier alpha value is -2.08. The van der Waals surface area contributed by atoms with E-state index in [2.05, 4.69) is 28.6 Å². The van der Waals surface area contributed by atoms with E-state index in [0.717, 1.165) is 24.6 Å². The molecule has 3 rings (SSSR count). The van der Waals surface area contributed by atoms with Crippen LogP contribution in [0.25, 0.3) is 0 Å². The van der Waals surface area contributed by atoms with Gasteiger partial charge in [0.15, 0.2) is 11.5 Å². The van der Waals surface area contributed by atoms with Crippen molar-refractivity contribution in [3.05, 3.63) is 36.2 Å². The van der Waals surface area contributed by atoms with E-state index >= 15 is 0 Å².